The topological polar surface area (TPSA) is 83.5 Å². The first kappa shape index (κ1) is 21.0. The molecule has 8 heteroatoms. The van der Waals surface area contributed by atoms with E-state index in [1.165, 1.54) is 19.1 Å². The van der Waals surface area contributed by atoms with Crippen molar-refractivity contribution >= 4 is 32.6 Å². The molecule has 2 saturated heterocycles. The van der Waals surface area contributed by atoms with Gasteiger partial charge >= 0.3 is 0 Å². The highest BCUT2D eigenvalue weighted by molar-refractivity contribution is 7.90. The zero-order chi connectivity index (χ0) is 21.3. The van der Waals surface area contributed by atoms with Crippen molar-refractivity contribution < 1.29 is 13.2 Å². The number of hydrogen-bond acceptors (Lipinski definition) is 6. The quantitative estimate of drug-likeness (QED) is 0.744. The number of aryl methyl sites for hydroxylation is 1. The lowest BCUT2D eigenvalue weighted by molar-refractivity contribution is -0.135. The Morgan fingerprint density at radius 3 is 2.47 bits per heavy atom. The molecule has 1 aromatic heterocycles. The van der Waals surface area contributed by atoms with Crippen LogP contribution in [-0.4, -0.2) is 61.6 Å². The van der Waals surface area contributed by atoms with Gasteiger partial charge in [0.25, 0.3) is 0 Å². The summed E-state index contributed by atoms with van der Waals surface area (Å²) in [6, 6.07) is 4.99. The second-order valence-electron chi connectivity index (χ2n) is 8.58. The molecular formula is C22H30N4O3S. The number of rotatable bonds is 3. The van der Waals surface area contributed by atoms with Crippen molar-refractivity contribution in [3.63, 3.8) is 0 Å². The van der Waals surface area contributed by atoms with Gasteiger partial charge < -0.3 is 9.80 Å². The van der Waals surface area contributed by atoms with Crippen LogP contribution < -0.4 is 4.90 Å². The van der Waals surface area contributed by atoms with Crippen molar-refractivity contribution in [2.45, 2.75) is 50.3 Å². The molecule has 162 valence electrons. The summed E-state index contributed by atoms with van der Waals surface area (Å²) < 4.78 is 23.9. The zero-order valence-corrected chi connectivity index (χ0v) is 18.6. The smallest absolute Gasteiger partial charge is 0.227 e. The number of fused-ring (bicyclic) bond motifs is 1. The first-order valence-electron chi connectivity index (χ1n) is 10.8. The fraction of sp³-hybridized carbons (Fsp3) is 0.591. The number of carbonyl (C=O) groups excluding carboxylic acids is 1. The Bertz CT molecular complexity index is 1050. The van der Waals surface area contributed by atoms with Gasteiger partial charge in [0.05, 0.1) is 22.0 Å². The number of amides is 1. The molecule has 2 aromatic rings. The first-order valence-corrected chi connectivity index (χ1v) is 12.7. The van der Waals surface area contributed by atoms with Crippen LogP contribution in [0.4, 0.5) is 5.95 Å². The Morgan fingerprint density at radius 1 is 1.03 bits per heavy atom. The normalized spacial score (nSPS) is 20.9. The zero-order valence-electron chi connectivity index (χ0n) is 17.8. The third kappa shape index (κ3) is 4.43. The van der Waals surface area contributed by atoms with Crippen molar-refractivity contribution in [1.82, 2.24) is 14.9 Å². The molecule has 1 amide bonds. The van der Waals surface area contributed by atoms with Crippen molar-refractivity contribution in [3.05, 3.63) is 23.9 Å². The minimum Gasteiger partial charge on any atom is -0.342 e. The van der Waals surface area contributed by atoms with Crippen molar-refractivity contribution in [1.29, 1.82) is 0 Å². The van der Waals surface area contributed by atoms with Gasteiger partial charge in [0.1, 0.15) is 0 Å². The van der Waals surface area contributed by atoms with E-state index in [1.54, 1.807) is 18.2 Å². The SMILES string of the molecule is Cc1nc(N2CCC[C@H](C(=O)N3CCCCCC3)C2)nc2cc(S(C)(=O)=O)ccc12. The number of piperidine rings is 1. The van der Waals surface area contributed by atoms with Crippen LogP contribution in [0.1, 0.15) is 44.2 Å². The molecule has 0 aliphatic carbocycles. The predicted molar refractivity (Wildman–Crippen MR) is 117 cm³/mol. The first-order chi connectivity index (χ1) is 14.3. The lowest BCUT2D eigenvalue weighted by atomic mass is 9.96. The summed E-state index contributed by atoms with van der Waals surface area (Å²) in [5.74, 6) is 0.816. The molecule has 1 aromatic carbocycles. The highest BCUT2D eigenvalue weighted by Gasteiger charge is 2.30. The largest absolute Gasteiger partial charge is 0.342 e. The van der Waals surface area contributed by atoms with E-state index in [-0.39, 0.29) is 16.7 Å². The van der Waals surface area contributed by atoms with Crippen molar-refractivity contribution in [2.75, 3.05) is 37.3 Å². The van der Waals surface area contributed by atoms with Gasteiger partial charge in [-0.15, -0.1) is 0 Å². The summed E-state index contributed by atoms with van der Waals surface area (Å²) in [5.41, 5.74) is 1.44. The number of sulfone groups is 1. The molecule has 2 aliphatic rings. The van der Waals surface area contributed by atoms with Gasteiger partial charge in [-0.3, -0.25) is 4.79 Å². The van der Waals surface area contributed by atoms with Crippen LogP contribution in [-0.2, 0) is 14.6 Å². The molecule has 0 unspecified atom stereocenters. The van der Waals surface area contributed by atoms with E-state index in [1.807, 2.05) is 11.8 Å². The minimum absolute atomic E-state index is 0.0289. The van der Waals surface area contributed by atoms with Crippen LogP contribution in [0.5, 0.6) is 0 Å². The molecule has 2 fully saturated rings. The average Bonchev–Trinajstić information content (AvgIpc) is 3.02. The number of nitrogens with zero attached hydrogens (tertiary/aromatic N) is 4. The molecule has 1 atom stereocenters. The molecular weight excluding hydrogens is 400 g/mol. The highest BCUT2D eigenvalue weighted by atomic mass is 32.2. The third-order valence-corrected chi connectivity index (χ3v) is 7.36. The van der Waals surface area contributed by atoms with Crippen LogP contribution in [0, 0.1) is 12.8 Å². The maximum atomic E-state index is 13.1. The molecule has 2 aliphatic heterocycles. The summed E-state index contributed by atoms with van der Waals surface area (Å²) in [6.07, 6.45) is 7.63. The monoisotopic (exact) mass is 430 g/mol. The second-order valence-corrected chi connectivity index (χ2v) is 10.6. The lowest BCUT2D eigenvalue weighted by Gasteiger charge is -2.35. The number of anilines is 1. The molecule has 0 N–H and O–H groups in total. The fourth-order valence-electron chi connectivity index (χ4n) is 4.53. The van der Waals surface area contributed by atoms with Gasteiger partial charge in [-0.2, -0.15) is 0 Å². The van der Waals surface area contributed by atoms with Crippen LogP contribution >= 0.6 is 0 Å². The molecule has 0 spiro atoms. The summed E-state index contributed by atoms with van der Waals surface area (Å²) in [5, 5.41) is 0.848. The minimum atomic E-state index is -3.30. The third-order valence-electron chi connectivity index (χ3n) is 6.25. The summed E-state index contributed by atoms with van der Waals surface area (Å²) >= 11 is 0. The summed E-state index contributed by atoms with van der Waals surface area (Å²) in [6.45, 7) is 5.08. The van der Waals surface area contributed by atoms with Gasteiger partial charge in [-0.1, -0.05) is 12.8 Å². The van der Waals surface area contributed by atoms with E-state index in [9.17, 15) is 13.2 Å². The predicted octanol–water partition coefficient (Wildman–Crippen LogP) is 2.96. The molecule has 0 saturated carbocycles. The average molecular weight is 431 g/mol. The number of benzene rings is 1. The van der Waals surface area contributed by atoms with Crippen LogP contribution in [0.25, 0.3) is 10.9 Å². The number of carbonyl (C=O) groups is 1. The molecule has 30 heavy (non-hydrogen) atoms. The standard InChI is InChI=1S/C22H30N4O3S/c1-16-19-10-9-18(30(2,28)29)14-20(19)24-22(23-16)26-13-7-8-17(15-26)21(27)25-11-5-3-4-6-12-25/h9-10,14,17H,3-8,11-13,15H2,1-2H3/t17-/m0/s1. The second kappa shape index (κ2) is 8.49. The van der Waals surface area contributed by atoms with Crippen LogP contribution in [0.2, 0.25) is 0 Å². The molecule has 0 radical (unpaired) electrons. The van der Waals surface area contributed by atoms with E-state index in [0.717, 1.165) is 56.4 Å². The van der Waals surface area contributed by atoms with Crippen molar-refractivity contribution in [3.8, 4) is 0 Å². The van der Waals surface area contributed by atoms with E-state index in [0.29, 0.717) is 18.0 Å². The molecule has 0 bridgehead atoms. The molecule has 3 heterocycles. The van der Waals surface area contributed by atoms with E-state index >= 15 is 0 Å². The van der Waals surface area contributed by atoms with Gasteiger partial charge in [0.2, 0.25) is 11.9 Å². The van der Waals surface area contributed by atoms with Gasteiger partial charge in [-0.05, 0) is 50.8 Å². The summed E-state index contributed by atoms with van der Waals surface area (Å²) in [7, 11) is -3.30. The number of aromatic nitrogens is 2. The number of likely N-dealkylation sites (tertiary alicyclic amines) is 1. The Balaban J connectivity index is 1.58. The molecule has 7 nitrogen and oxygen atoms in total. The maximum absolute atomic E-state index is 13.1. The van der Waals surface area contributed by atoms with Gasteiger partial charge in [-0.25, -0.2) is 18.4 Å². The van der Waals surface area contributed by atoms with Gasteiger partial charge in [0.15, 0.2) is 9.84 Å². The lowest BCUT2D eigenvalue weighted by Crippen LogP contribution is -2.45. The van der Waals surface area contributed by atoms with E-state index < -0.39 is 9.84 Å². The number of hydrogen-bond donors (Lipinski definition) is 0. The Hall–Kier alpha value is -2.22. The van der Waals surface area contributed by atoms with Crippen molar-refractivity contribution in [2.24, 2.45) is 5.92 Å². The highest BCUT2D eigenvalue weighted by Crippen LogP contribution is 2.27. The molecule has 4 rings (SSSR count). The fourth-order valence-corrected chi connectivity index (χ4v) is 5.18. The maximum Gasteiger partial charge on any atom is 0.227 e. The van der Waals surface area contributed by atoms with Crippen LogP contribution in [0.3, 0.4) is 0 Å². The van der Waals surface area contributed by atoms with Crippen LogP contribution in [0.15, 0.2) is 23.1 Å². The Labute approximate surface area is 178 Å². The summed E-state index contributed by atoms with van der Waals surface area (Å²) in [4.78, 5) is 26.9. The Morgan fingerprint density at radius 2 is 1.77 bits per heavy atom. The van der Waals surface area contributed by atoms with E-state index in [4.69, 9.17) is 0 Å². The van der Waals surface area contributed by atoms with E-state index in [2.05, 4.69) is 14.9 Å². The Kier molecular flexibility index (Phi) is 5.95. The van der Waals surface area contributed by atoms with Gasteiger partial charge in [0, 0.05) is 37.8 Å².